The second kappa shape index (κ2) is 4.92. The van der Waals surface area contributed by atoms with Crippen molar-refractivity contribution in [2.45, 2.75) is 33.2 Å². The molecular formula is C11H17N3O2. The summed E-state index contributed by atoms with van der Waals surface area (Å²) in [6.45, 7) is 5.09. The molecule has 0 saturated heterocycles. The lowest BCUT2D eigenvalue weighted by atomic mass is 10.2. The van der Waals surface area contributed by atoms with Crippen molar-refractivity contribution in [3.05, 3.63) is 17.5 Å². The molecule has 0 aliphatic rings. The van der Waals surface area contributed by atoms with Crippen molar-refractivity contribution in [3.63, 3.8) is 0 Å². The fraction of sp³-hybridized carbons (Fsp3) is 0.545. The van der Waals surface area contributed by atoms with Crippen LogP contribution in [0.15, 0.2) is 6.07 Å². The van der Waals surface area contributed by atoms with E-state index in [1.54, 1.807) is 20.0 Å². The van der Waals surface area contributed by atoms with Crippen molar-refractivity contribution < 1.29 is 9.59 Å². The summed E-state index contributed by atoms with van der Waals surface area (Å²) in [7, 11) is 1.71. The highest BCUT2D eigenvalue weighted by atomic mass is 16.2. The van der Waals surface area contributed by atoms with Crippen molar-refractivity contribution in [1.29, 1.82) is 0 Å². The number of nitrogens with one attached hydrogen (secondary N) is 1. The third-order valence-corrected chi connectivity index (χ3v) is 2.48. The van der Waals surface area contributed by atoms with Gasteiger partial charge in [-0.1, -0.05) is 6.92 Å². The second-order valence-electron chi connectivity index (χ2n) is 3.80. The van der Waals surface area contributed by atoms with Crippen LogP contribution in [-0.2, 0) is 18.3 Å². The standard InChI is InChI=1S/C11H17N3O2/c1-5-9-6-10(14(4)13-9)11(16)12-7(2)8(3)15/h6-7H,5H2,1-4H3,(H,12,16). The molecule has 88 valence electrons. The number of amides is 1. The zero-order chi connectivity index (χ0) is 12.3. The van der Waals surface area contributed by atoms with E-state index in [0.717, 1.165) is 12.1 Å². The minimum atomic E-state index is -0.465. The number of ketones is 1. The maximum atomic E-state index is 11.8. The zero-order valence-electron chi connectivity index (χ0n) is 10.1. The smallest absolute Gasteiger partial charge is 0.270 e. The molecule has 16 heavy (non-hydrogen) atoms. The van der Waals surface area contributed by atoms with E-state index in [1.807, 2.05) is 6.92 Å². The summed E-state index contributed by atoms with van der Waals surface area (Å²) < 4.78 is 1.53. The van der Waals surface area contributed by atoms with Gasteiger partial charge in [0.25, 0.3) is 5.91 Å². The Bertz CT molecular complexity index is 409. The van der Waals surface area contributed by atoms with E-state index in [0.29, 0.717) is 5.69 Å². The Kier molecular flexibility index (Phi) is 3.82. The minimum absolute atomic E-state index is 0.0637. The first-order valence-electron chi connectivity index (χ1n) is 5.30. The molecule has 1 heterocycles. The van der Waals surface area contributed by atoms with Crippen LogP contribution in [0.25, 0.3) is 0 Å². The number of Topliss-reactive ketones (excluding diaryl/α,β-unsaturated/α-hetero) is 1. The Morgan fingerprint density at radius 3 is 2.62 bits per heavy atom. The zero-order valence-corrected chi connectivity index (χ0v) is 10.1. The van der Waals surface area contributed by atoms with E-state index in [4.69, 9.17) is 0 Å². The van der Waals surface area contributed by atoms with Gasteiger partial charge in [-0.05, 0) is 26.3 Å². The van der Waals surface area contributed by atoms with Gasteiger partial charge in [0.05, 0.1) is 11.7 Å². The monoisotopic (exact) mass is 223 g/mol. The topological polar surface area (TPSA) is 64.0 Å². The van der Waals surface area contributed by atoms with Crippen LogP contribution in [0.4, 0.5) is 0 Å². The van der Waals surface area contributed by atoms with Gasteiger partial charge in [-0.3, -0.25) is 14.3 Å². The first kappa shape index (κ1) is 12.4. The Labute approximate surface area is 94.8 Å². The molecule has 0 aliphatic carbocycles. The number of hydrogen-bond acceptors (Lipinski definition) is 3. The van der Waals surface area contributed by atoms with Crippen molar-refractivity contribution in [1.82, 2.24) is 15.1 Å². The highest BCUT2D eigenvalue weighted by Gasteiger charge is 2.16. The van der Waals surface area contributed by atoms with Crippen molar-refractivity contribution in [2.75, 3.05) is 0 Å². The number of nitrogens with zero attached hydrogens (tertiary/aromatic N) is 2. The molecule has 0 aromatic carbocycles. The third-order valence-electron chi connectivity index (χ3n) is 2.48. The third kappa shape index (κ3) is 2.68. The normalized spacial score (nSPS) is 12.2. The van der Waals surface area contributed by atoms with Gasteiger partial charge < -0.3 is 5.32 Å². The fourth-order valence-electron chi connectivity index (χ4n) is 1.28. The predicted molar refractivity (Wildman–Crippen MR) is 60.2 cm³/mol. The van der Waals surface area contributed by atoms with Gasteiger partial charge in [0.1, 0.15) is 5.69 Å². The molecule has 5 heteroatoms. The molecule has 5 nitrogen and oxygen atoms in total. The molecule has 0 spiro atoms. The van der Waals surface area contributed by atoms with Crippen LogP contribution in [0.2, 0.25) is 0 Å². The molecular weight excluding hydrogens is 206 g/mol. The summed E-state index contributed by atoms with van der Waals surface area (Å²) in [5.41, 5.74) is 1.34. The van der Waals surface area contributed by atoms with Crippen LogP contribution in [0.3, 0.4) is 0 Å². The summed E-state index contributed by atoms with van der Waals surface area (Å²) in [6, 6.07) is 1.27. The summed E-state index contributed by atoms with van der Waals surface area (Å²) >= 11 is 0. The maximum absolute atomic E-state index is 11.8. The SMILES string of the molecule is CCc1cc(C(=O)NC(C)C(C)=O)n(C)n1. The van der Waals surface area contributed by atoms with Crippen LogP contribution in [0, 0.1) is 0 Å². The molecule has 0 fully saturated rings. The molecule has 1 rings (SSSR count). The van der Waals surface area contributed by atoms with Crippen LogP contribution in [0.1, 0.15) is 37.0 Å². The van der Waals surface area contributed by atoms with Crippen molar-refractivity contribution in [2.24, 2.45) is 7.05 Å². The molecule has 0 radical (unpaired) electrons. The van der Waals surface area contributed by atoms with Gasteiger partial charge in [-0.2, -0.15) is 5.10 Å². The Balaban J connectivity index is 2.80. The molecule has 1 atom stereocenters. The number of rotatable bonds is 4. The Morgan fingerprint density at radius 1 is 1.56 bits per heavy atom. The quantitative estimate of drug-likeness (QED) is 0.816. The average Bonchev–Trinajstić information content (AvgIpc) is 2.59. The van der Waals surface area contributed by atoms with E-state index in [2.05, 4.69) is 10.4 Å². The largest absolute Gasteiger partial charge is 0.341 e. The van der Waals surface area contributed by atoms with Gasteiger partial charge in [-0.25, -0.2) is 0 Å². The summed E-state index contributed by atoms with van der Waals surface area (Å²) in [6.07, 6.45) is 0.781. The van der Waals surface area contributed by atoms with Gasteiger partial charge in [0, 0.05) is 7.05 Å². The number of aryl methyl sites for hydroxylation is 2. The van der Waals surface area contributed by atoms with Gasteiger partial charge in [0.15, 0.2) is 5.78 Å². The van der Waals surface area contributed by atoms with Gasteiger partial charge in [-0.15, -0.1) is 0 Å². The number of hydrogen-bond donors (Lipinski definition) is 1. The average molecular weight is 223 g/mol. The van der Waals surface area contributed by atoms with Gasteiger partial charge >= 0.3 is 0 Å². The van der Waals surface area contributed by atoms with Crippen LogP contribution in [0.5, 0.6) is 0 Å². The lowest BCUT2D eigenvalue weighted by Gasteiger charge is -2.09. The summed E-state index contributed by atoms with van der Waals surface area (Å²) in [5, 5.41) is 6.80. The molecule has 1 N–H and O–H groups in total. The van der Waals surface area contributed by atoms with E-state index >= 15 is 0 Å². The van der Waals surface area contributed by atoms with Crippen molar-refractivity contribution in [3.8, 4) is 0 Å². The molecule has 0 aliphatic heterocycles. The maximum Gasteiger partial charge on any atom is 0.270 e. The fourth-order valence-corrected chi connectivity index (χ4v) is 1.28. The highest BCUT2D eigenvalue weighted by molar-refractivity contribution is 5.96. The first-order valence-corrected chi connectivity index (χ1v) is 5.30. The van der Waals surface area contributed by atoms with Gasteiger partial charge in [0.2, 0.25) is 0 Å². The second-order valence-corrected chi connectivity index (χ2v) is 3.80. The number of carbonyl (C=O) groups excluding carboxylic acids is 2. The molecule has 1 aromatic heterocycles. The summed E-state index contributed by atoms with van der Waals surface area (Å²) in [5.74, 6) is -0.330. The predicted octanol–water partition coefficient (Wildman–Crippen LogP) is 0.690. The number of carbonyl (C=O) groups is 2. The Hall–Kier alpha value is -1.65. The molecule has 1 amide bonds. The molecule has 1 unspecified atom stereocenters. The molecule has 0 saturated carbocycles. The van der Waals surface area contributed by atoms with E-state index in [-0.39, 0.29) is 11.7 Å². The summed E-state index contributed by atoms with van der Waals surface area (Å²) in [4.78, 5) is 22.8. The van der Waals surface area contributed by atoms with Crippen molar-refractivity contribution >= 4 is 11.7 Å². The Morgan fingerprint density at radius 2 is 2.19 bits per heavy atom. The minimum Gasteiger partial charge on any atom is -0.341 e. The molecule has 1 aromatic rings. The van der Waals surface area contributed by atoms with Crippen LogP contribution >= 0.6 is 0 Å². The van der Waals surface area contributed by atoms with Crippen LogP contribution < -0.4 is 5.32 Å². The highest BCUT2D eigenvalue weighted by Crippen LogP contribution is 2.04. The van der Waals surface area contributed by atoms with E-state index < -0.39 is 6.04 Å². The number of aromatic nitrogens is 2. The molecule has 0 bridgehead atoms. The van der Waals surface area contributed by atoms with Crippen LogP contribution in [-0.4, -0.2) is 27.5 Å². The first-order chi connectivity index (χ1) is 7.45. The van der Waals surface area contributed by atoms with E-state index in [9.17, 15) is 9.59 Å². The lowest BCUT2D eigenvalue weighted by Crippen LogP contribution is -2.38. The van der Waals surface area contributed by atoms with E-state index in [1.165, 1.54) is 11.6 Å². The lowest BCUT2D eigenvalue weighted by molar-refractivity contribution is -0.118.